The molecule has 0 spiro atoms. The van der Waals surface area contributed by atoms with Gasteiger partial charge in [0.25, 0.3) is 0 Å². The minimum Gasteiger partial charge on any atom is -0.142 e. The maximum Gasteiger partial charge on any atom is 0.0612 e. The predicted molar refractivity (Wildman–Crippen MR) is 50.2 cm³/mol. The summed E-state index contributed by atoms with van der Waals surface area (Å²) in [6, 6.07) is 0. The molecule has 2 unspecified atom stereocenters. The van der Waals surface area contributed by atoms with Gasteiger partial charge in [-0.3, -0.25) is 0 Å². The molecule has 2 atom stereocenters. The fraction of sp³-hybridized carbons (Fsp3) is 0.500. The average Bonchev–Trinajstić information content (AvgIpc) is 2.33. The van der Waals surface area contributed by atoms with Gasteiger partial charge in [0.05, 0.1) is 4.58 Å². The summed E-state index contributed by atoms with van der Waals surface area (Å²) in [5, 5.41) is 2.24. The molecule has 0 nitrogen and oxygen atoms in total. The van der Waals surface area contributed by atoms with E-state index in [0.717, 1.165) is 10.5 Å². The quantitative estimate of drug-likeness (QED) is 0.513. The Morgan fingerprint density at radius 1 is 1.60 bits per heavy atom. The molecule has 0 saturated carbocycles. The van der Waals surface area contributed by atoms with E-state index >= 15 is 0 Å². The summed E-state index contributed by atoms with van der Waals surface area (Å²) in [5.41, 5.74) is 1.42. The monoisotopic (exact) mass is 170 g/mol. The molecule has 2 aliphatic heterocycles. The van der Waals surface area contributed by atoms with Gasteiger partial charge in [-0.2, -0.15) is 0 Å². The van der Waals surface area contributed by atoms with Crippen molar-refractivity contribution in [3.63, 3.8) is 0 Å². The molecule has 0 radical (unpaired) electrons. The third kappa shape index (κ3) is 1.15. The normalized spacial score (nSPS) is 38.2. The van der Waals surface area contributed by atoms with Gasteiger partial charge < -0.3 is 0 Å². The van der Waals surface area contributed by atoms with E-state index in [1.54, 1.807) is 0 Å². The summed E-state index contributed by atoms with van der Waals surface area (Å²) in [6.45, 7) is 4.01. The second-order valence-electron chi connectivity index (χ2n) is 2.76. The number of fused-ring (bicyclic) bond motifs is 1. The Bertz CT molecular complexity index is 184. The minimum absolute atomic E-state index is 0.788. The van der Waals surface area contributed by atoms with Gasteiger partial charge in [-0.25, -0.2) is 0 Å². The molecule has 2 heteroatoms. The number of thioether (sulfide) groups is 2. The molecule has 0 aliphatic carbocycles. The van der Waals surface area contributed by atoms with Crippen molar-refractivity contribution in [3.05, 3.63) is 23.6 Å². The van der Waals surface area contributed by atoms with E-state index in [1.165, 1.54) is 17.7 Å². The van der Waals surface area contributed by atoms with Crippen molar-refractivity contribution in [3.8, 4) is 0 Å². The molecule has 2 aliphatic rings. The summed E-state index contributed by atoms with van der Waals surface area (Å²) in [6.07, 6.45) is 3.55. The Kier molecular flexibility index (Phi) is 1.83. The molecule has 0 N–H and O–H groups in total. The SMILES string of the molecule is C=C1CSC2SC=CC2C1. The zero-order valence-electron chi connectivity index (χ0n) is 5.75. The standard InChI is InChI=1S/C8H10S2/c1-6-4-7-2-3-9-8(7)10-5-6/h2-3,7-8H,1,4-5H2. The average molecular weight is 170 g/mol. The van der Waals surface area contributed by atoms with E-state index in [1.807, 2.05) is 23.5 Å². The summed E-state index contributed by atoms with van der Waals surface area (Å²) in [4.78, 5) is 0. The Hall–Kier alpha value is 0.180. The number of allylic oxidation sites excluding steroid dienone is 1. The van der Waals surface area contributed by atoms with Crippen LogP contribution in [0.1, 0.15) is 6.42 Å². The topological polar surface area (TPSA) is 0 Å². The molecular formula is C8H10S2. The van der Waals surface area contributed by atoms with Crippen LogP contribution < -0.4 is 0 Å². The first-order valence-corrected chi connectivity index (χ1v) is 5.46. The van der Waals surface area contributed by atoms with Gasteiger partial charge >= 0.3 is 0 Å². The van der Waals surface area contributed by atoms with Crippen LogP contribution >= 0.6 is 23.5 Å². The first-order valence-electron chi connectivity index (χ1n) is 3.46. The molecule has 2 heterocycles. The highest BCUT2D eigenvalue weighted by Gasteiger charge is 2.28. The van der Waals surface area contributed by atoms with Crippen LogP contribution in [0.3, 0.4) is 0 Å². The highest BCUT2D eigenvalue weighted by atomic mass is 32.2. The lowest BCUT2D eigenvalue weighted by Gasteiger charge is -2.24. The van der Waals surface area contributed by atoms with Crippen molar-refractivity contribution < 1.29 is 0 Å². The summed E-state index contributed by atoms with van der Waals surface area (Å²) < 4.78 is 0.811. The van der Waals surface area contributed by atoms with Gasteiger partial charge in [0.15, 0.2) is 0 Å². The van der Waals surface area contributed by atoms with E-state index in [2.05, 4.69) is 18.1 Å². The van der Waals surface area contributed by atoms with Crippen molar-refractivity contribution in [1.82, 2.24) is 0 Å². The van der Waals surface area contributed by atoms with E-state index in [0.29, 0.717) is 0 Å². The second-order valence-corrected chi connectivity index (χ2v) is 5.24. The summed E-state index contributed by atoms with van der Waals surface area (Å²) >= 11 is 4.01. The van der Waals surface area contributed by atoms with Gasteiger partial charge in [0.2, 0.25) is 0 Å². The van der Waals surface area contributed by atoms with E-state index in [9.17, 15) is 0 Å². The Labute approximate surface area is 70.1 Å². The number of hydrogen-bond acceptors (Lipinski definition) is 2. The number of hydrogen-bond donors (Lipinski definition) is 0. The third-order valence-electron chi connectivity index (χ3n) is 1.86. The van der Waals surface area contributed by atoms with Crippen LogP contribution in [0.5, 0.6) is 0 Å². The minimum atomic E-state index is 0.788. The lowest BCUT2D eigenvalue weighted by atomic mass is 10.0. The largest absolute Gasteiger partial charge is 0.142 e. The summed E-state index contributed by atoms with van der Waals surface area (Å²) in [7, 11) is 0. The molecule has 0 aromatic carbocycles. The lowest BCUT2D eigenvalue weighted by Crippen LogP contribution is -2.15. The second kappa shape index (κ2) is 2.67. The van der Waals surface area contributed by atoms with E-state index in [4.69, 9.17) is 0 Å². The molecular weight excluding hydrogens is 160 g/mol. The molecule has 10 heavy (non-hydrogen) atoms. The Balaban J connectivity index is 2.08. The van der Waals surface area contributed by atoms with Gasteiger partial charge in [-0.05, 0) is 11.8 Å². The van der Waals surface area contributed by atoms with Crippen LogP contribution in [-0.4, -0.2) is 10.3 Å². The zero-order valence-corrected chi connectivity index (χ0v) is 7.38. The molecule has 54 valence electrons. The van der Waals surface area contributed by atoms with Gasteiger partial charge in [-0.1, -0.05) is 18.2 Å². The molecule has 2 rings (SSSR count). The maximum absolute atomic E-state index is 4.01. The van der Waals surface area contributed by atoms with Gasteiger partial charge in [-0.15, -0.1) is 23.5 Å². The molecule has 1 fully saturated rings. The van der Waals surface area contributed by atoms with Gasteiger partial charge in [0.1, 0.15) is 0 Å². The van der Waals surface area contributed by atoms with Crippen LogP contribution in [-0.2, 0) is 0 Å². The Morgan fingerprint density at radius 2 is 2.50 bits per heavy atom. The fourth-order valence-corrected chi connectivity index (χ4v) is 3.83. The Morgan fingerprint density at radius 3 is 3.40 bits per heavy atom. The van der Waals surface area contributed by atoms with Crippen LogP contribution in [0.25, 0.3) is 0 Å². The van der Waals surface area contributed by atoms with Crippen LogP contribution in [0.4, 0.5) is 0 Å². The summed E-state index contributed by atoms with van der Waals surface area (Å²) in [5.74, 6) is 1.96. The molecule has 0 bridgehead atoms. The molecule has 0 aromatic heterocycles. The van der Waals surface area contributed by atoms with E-state index < -0.39 is 0 Å². The maximum atomic E-state index is 4.01. The van der Waals surface area contributed by atoms with Gasteiger partial charge in [0, 0.05) is 11.7 Å². The van der Waals surface area contributed by atoms with Crippen molar-refractivity contribution in [2.75, 3.05) is 5.75 Å². The van der Waals surface area contributed by atoms with Crippen LogP contribution in [0, 0.1) is 5.92 Å². The fourth-order valence-electron chi connectivity index (χ4n) is 1.33. The lowest BCUT2D eigenvalue weighted by molar-refractivity contribution is 0.702. The number of rotatable bonds is 0. The highest BCUT2D eigenvalue weighted by molar-refractivity contribution is 8.18. The molecule has 0 amide bonds. The van der Waals surface area contributed by atoms with E-state index in [-0.39, 0.29) is 0 Å². The third-order valence-corrected chi connectivity index (χ3v) is 4.79. The van der Waals surface area contributed by atoms with Crippen molar-refractivity contribution in [2.45, 2.75) is 11.0 Å². The molecule has 0 aromatic rings. The van der Waals surface area contributed by atoms with Crippen molar-refractivity contribution in [1.29, 1.82) is 0 Å². The zero-order chi connectivity index (χ0) is 6.97. The van der Waals surface area contributed by atoms with Crippen LogP contribution in [0.2, 0.25) is 0 Å². The van der Waals surface area contributed by atoms with Crippen molar-refractivity contribution in [2.24, 2.45) is 5.92 Å². The molecule has 1 saturated heterocycles. The van der Waals surface area contributed by atoms with Crippen LogP contribution in [0.15, 0.2) is 23.6 Å². The van der Waals surface area contributed by atoms with Crippen molar-refractivity contribution >= 4 is 23.5 Å². The first-order chi connectivity index (χ1) is 4.86. The first kappa shape index (κ1) is 6.86. The highest BCUT2D eigenvalue weighted by Crippen LogP contribution is 2.44. The smallest absolute Gasteiger partial charge is 0.0612 e. The predicted octanol–water partition coefficient (Wildman–Crippen LogP) is 2.88.